The zero-order valence-electron chi connectivity index (χ0n) is 18.4. The molecule has 0 saturated carbocycles. The number of amides is 3. The molecule has 3 amide bonds. The molecule has 0 bridgehead atoms. The molecule has 1 spiro atoms. The van der Waals surface area contributed by atoms with Gasteiger partial charge in [-0.05, 0) is 18.2 Å². The molecule has 0 unspecified atom stereocenters. The maximum Gasteiger partial charge on any atom is 0.322 e. The second kappa shape index (κ2) is 8.03. The van der Waals surface area contributed by atoms with Crippen LogP contribution in [0, 0.1) is 11.2 Å². The predicted octanol–water partition coefficient (Wildman–Crippen LogP) is 3.60. The number of aromatic nitrogens is 1. The van der Waals surface area contributed by atoms with Gasteiger partial charge in [-0.2, -0.15) is 0 Å². The van der Waals surface area contributed by atoms with Gasteiger partial charge in [0.2, 0.25) is 5.91 Å². The summed E-state index contributed by atoms with van der Waals surface area (Å²) in [6.07, 6.45) is 2.38. The summed E-state index contributed by atoms with van der Waals surface area (Å²) >= 11 is 0. The molecule has 3 aliphatic rings. The van der Waals surface area contributed by atoms with E-state index in [4.69, 9.17) is 0 Å². The van der Waals surface area contributed by atoms with Crippen molar-refractivity contribution in [1.82, 2.24) is 14.8 Å². The quantitative estimate of drug-likeness (QED) is 0.692. The normalized spacial score (nSPS) is 20.0. The first-order valence-corrected chi connectivity index (χ1v) is 11.0. The molecule has 1 aromatic carbocycles. The third-order valence-corrected chi connectivity index (χ3v) is 6.67. The fraction of sp³-hybridized carbons (Fsp3) is 0.375. The summed E-state index contributed by atoms with van der Waals surface area (Å²) < 4.78 is 42.5. The van der Waals surface area contributed by atoms with E-state index in [1.54, 1.807) is 34.1 Å². The number of carbonyl (C=O) groups is 2. The highest BCUT2D eigenvalue weighted by atomic mass is 19.3. The van der Waals surface area contributed by atoms with Gasteiger partial charge in [0.05, 0.1) is 12.2 Å². The van der Waals surface area contributed by atoms with Gasteiger partial charge in [0, 0.05) is 61.9 Å². The number of hydrogen-bond acceptors (Lipinski definition) is 4. The Balaban J connectivity index is 1.39. The van der Waals surface area contributed by atoms with Gasteiger partial charge in [0.1, 0.15) is 5.82 Å². The Bertz CT molecular complexity index is 1160. The molecule has 1 aromatic heterocycles. The smallest absolute Gasteiger partial charge is 0.322 e. The van der Waals surface area contributed by atoms with Crippen molar-refractivity contribution >= 4 is 23.4 Å². The van der Waals surface area contributed by atoms with Gasteiger partial charge >= 0.3 is 6.03 Å². The maximum absolute atomic E-state index is 14.6. The van der Waals surface area contributed by atoms with Crippen molar-refractivity contribution in [2.75, 3.05) is 49.5 Å². The van der Waals surface area contributed by atoms with Crippen LogP contribution in [0.4, 0.5) is 29.5 Å². The molecule has 34 heavy (non-hydrogen) atoms. The van der Waals surface area contributed by atoms with E-state index in [9.17, 15) is 22.8 Å². The lowest BCUT2D eigenvalue weighted by Gasteiger charge is -2.59. The number of halogens is 3. The lowest BCUT2D eigenvalue weighted by molar-refractivity contribution is -0.148. The average molecular weight is 471 g/mol. The lowest BCUT2D eigenvalue weighted by atomic mass is 9.73. The lowest BCUT2D eigenvalue weighted by Crippen LogP contribution is -2.73. The molecule has 3 saturated heterocycles. The highest BCUT2D eigenvalue weighted by Gasteiger charge is 2.54. The van der Waals surface area contributed by atoms with Gasteiger partial charge in [-0.1, -0.05) is 24.8 Å². The standard InChI is InChI=1S/C24H24F3N5O2/c1-2-19(33)31-11-23(12-31)13-32(14-23)22(34)29-20-17(16-5-3-4-6-18(16)25)7-9-28-21(20)30-10-8-24(26,27)15-30/h2-7,9H,1,8,10-15H2,(H,29,34). The van der Waals surface area contributed by atoms with Crippen molar-refractivity contribution in [3.8, 4) is 11.1 Å². The van der Waals surface area contributed by atoms with Crippen molar-refractivity contribution < 1.29 is 22.8 Å². The Kier molecular flexibility index (Phi) is 5.26. The molecule has 0 atom stereocenters. The summed E-state index contributed by atoms with van der Waals surface area (Å²) in [5.41, 5.74) is 0.686. The number of carbonyl (C=O) groups excluding carboxylic acids is 2. The molecule has 0 aliphatic carbocycles. The molecular formula is C24H24F3N5O2. The molecule has 10 heteroatoms. The van der Waals surface area contributed by atoms with E-state index in [2.05, 4.69) is 16.9 Å². The number of likely N-dealkylation sites (tertiary alicyclic amines) is 2. The molecule has 0 radical (unpaired) electrons. The number of benzene rings is 1. The first-order valence-electron chi connectivity index (χ1n) is 11.0. The van der Waals surface area contributed by atoms with Crippen LogP contribution in [0.15, 0.2) is 49.2 Å². The minimum absolute atomic E-state index is 0.0730. The van der Waals surface area contributed by atoms with Crippen LogP contribution in [0.3, 0.4) is 0 Å². The Morgan fingerprint density at radius 1 is 1.03 bits per heavy atom. The number of alkyl halides is 2. The highest BCUT2D eigenvalue weighted by molar-refractivity contribution is 5.99. The molecule has 1 N–H and O–H groups in total. The predicted molar refractivity (Wildman–Crippen MR) is 121 cm³/mol. The first-order chi connectivity index (χ1) is 16.2. The summed E-state index contributed by atoms with van der Waals surface area (Å²) in [4.78, 5) is 33.8. The number of urea groups is 1. The number of nitrogens with zero attached hydrogens (tertiary/aromatic N) is 4. The zero-order valence-corrected chi connectivity index (χ0v) is 18.4. The van der Waals surface area contributed by atoms with Gasteiger partial charge in [-0.3, -0.25) is 4.79 Å². The fourth-order valence-electron chi connectivity index (χ4n) is 4.98. The van der Waals surface area contributed by atoms with Crippen molar-refractivity contribution in [1.29, 1.82) is 0 Å². The summed E-state index contributed by atoms with van der Waals surface area (Å²) in [5.74, 6) is -3.30. The second-order valence-corrected chi connectivity index (χ2v) is 9.25. The first kappa shape index (κ1) is 22.2. The van der Waals surface area contributed by atoms with Crippen LogP contribution in [0.25, 0.3) is 11.1 Å². The van der Waals surface area contributed by atoms with E-state index < -0.39 is 24.3 Å². The molecular weight excluding hydrogens is 447 g/mol. The maximum atomic E-state index is 14.6. The van der Waals surface area contributed by atoms with Crippen molar-refractivity contribution in [2.24, 2.45) is 5.41 Å². The summed E-state index contributed by atoms with van der Waals surface area (Å²) in [6.45, 7) is 5.08. The zero-order chi connectivity index (χ0) is 24.1. The third kappa shape index (κ3) is 3.86. The Hall–Kier alpha value is -3.56. The topological polar surface area (TPSA) is 68.8 Å². The summed E-state index contributed by atoms with van der Waals surface area (Å²) in [5, 5.41) is 2.82. The van der Waals surface area contributed by atoms with Crippen molar-refractivity contribution in [3.05, 3.63) is 55.0 Å². The monoisotopic (exact) mass is 471 g/mol. The van der Waals surface area contributed by atoms with Crippen LogP contribution in [0.1, 0.15) is 6.42 Å². The minimum Gasteiger partial charge on any atom is -0.349 e. The van der Waals surface area contributed by atoms with Gasteiger partial charge < -0.3 is 20.0 Å². The Morgan fingerprint density at radius 2 is 1.74 bits per heavy atom. The SMILES string of the molecule is C=CC(=O)N1CC2(C1)CN(C(=O)Nc1c(-c3ccccc3F)ccnc1N1CCC(F)(F)C1)C2. The van der Waals surface area contributed by atoms with Crippen LogP contribution in [-0.2, 0) is 4.79 Å². The van der Waals surface area contributed by atoms with E-state index in [1.807, 2.05) is 0 Å². The number of pyridine rings is 1. The minimum atomic E-state index is -2.86. The Labute approximate surface area is 194 Å². The van der Waals surface area contributed by atoms with Crippen LogP contribution >= 0.6 is 0 Å². The molecule has 2 aromatic rings. The molecule has 5 rings (SSSR count). The number of hydrogen-bond donors (Lipinski definition) is 1. The van der Waals surface area contributed by atoms with Gasteiger partial charge in [0.25, 0.3) is 5.92 Å². The number of anilines is 2. The summed E-state index contributed by atoms with van der Waals surface area (Å²) in [7, 11) is 0. The van der Waals surface area contributed by atoms with Gasteiger partial charge in [0.15, 0.2) is 5.82 Å². The van der Waals surface area contributed by atoms with E-state index in [-0.39, 0.29) is 41.4 Å². The third-order valence-electron chi connectivity index (χ3n) is 6.67. The van der Waals surface area contributed by atoms with Crippen molar-refractivity contribution in [3.63, 3.8) is 0 Å². The largest absolute Gasteiger partial charge is 0.349 e. The summed E-state index contributed by atoms with van der Waals surface area (Å²) in [6, 6.07) is 7.24. The van der Waals surface area contributed by atoms with Crippen LogP contribution in [0.2, 0.25) is 0 Å². The molecule has 7 nitrogen and oxygen atoms in total. The van der Waals surface area contributed by atoms with Crippen LogP contribution in [-0.4, -0.2) is 71.9 Å². The van der Waals surface area contributed by atoms with Crippen LogP contribution < -0.4 is 10.2 Å². The molecule has 178 valence electrons. The second-order valence-electron chi connectivity index (χ2n) is 9.25. The number of rotatable bonds is 4. The molecule has 3 aliphatic heterocycles. The molecule has 4 heterocycles. The number of nitrogens with one attached hydrogen (secondary N) is 1. The van der Waals surface area contributed by atoms with E-state index >= 15 is 0 Å². The van der Waals surface area contributed by atoms with Crippen molar-refractivity contribution in [2.45, 2.75) is 12.3 Å². The fourth-order valence-corrected chi connectivity index (χ4v) is 4.98. The van der Waals surface area contributed by atoms with Crippen LogP contribution in [0.5, 0.6) is 0 Å². The van der Waals surface area contributed by atoms with Gasteiger partial charge in [-0.25, -0.2) is 22.9 Å². The van der Waals surface area contributed by atoms with E-state index in [0.29, 0.717) is 31.7 Å². The Morgan fingerprint density at radius 3 is 2.38 bits per heavy atom. The molecule has 3 fully saturated rings. The van der Waals surface area contributed by atoms with E-state index in [1.165, 1.54) is 23.2 Å². The highest BCUT2D eigenvalue weighted by Crippen LogP contribution is 2.42. The van der Waals surface area contributed by atoms with E-state index in [0.717, 1.165) is 0 Å². The average Bonchev–Trinajstić information content (AvgIpc) is 3.11. The van der Waals surface area contributed by atoms with Gasteiger partial charge in [-0.15, -0.1) is 0 Å².